The van der Waals surface area contributed by atoms with Crippen molar-refractivity contribution in [2.24, 2.45) is 17.8 Å². The van der Waals surface area contributed by atoms with E-state index in [0.717, 1.165) is 61.6 Å². The van der Waals surface area contributed by atoms with Gasteiger partial charge in [-0.05, 0) is 59.4 Å². The zero-order chi connectivity index (χ0) is 28.2. The predicted octanol–water partition coefficient (Wildman–Crippen LogP) is 4.86. The number of benzene rings is 2. The normalized spacial score (nSPS) is 18.9. The Morgan fingerprint density at radius 3 is 2.63 bits per heavy atom. The molecule has 2 aromatic carbocycles. The molecule has 41 heavy (non-hydrogen) atoms. The number of tetrazole rings is 1. The van der Waals surface area contributed by atoms with E-state index in [-0.39, 0.29) is 23.3 Å². The molecule has 3 N–H and O–H groups in total. The minimum Gasteiger partial charge on any atom is -0.403 e. The van der Waals surface area contributed by atoms with Crippen LogP contribution in [0.5, 0.6) is 5.88 Å². The average Bonchev–Trinajstić information content (AvgIpc) is 3.72. The molecule has 1 aliphatic rings. The van der Waals surface area contributed by atoms with Gasteiger partial charge in [0.25, 0.3) is 11.4 Å². The number of nitrogens with one attached hydrogen (secondary N) is 3. The molecule has 3 aromatic heterocycles. The van der Waals surface area contributed by atoms with Crippen molar-refractivity contribution in [3.8, 4) is 28.4 Å². The van der Waals surface area contributed by atoms with Crippen LogP contribution in [0.1, 0.15) is 51.0 Å². The third kappa shape index (κ3) is 5.65. The van der Waals surface area contributed by atoms with Crippen LogP contribution in [0, 0.1) is 17.8 Å². The fraction of sp³-hybridized carbons (Fsp3) is 0.367. The lowest BCUT2D eigenvalue weighted by Gasteiger charge is -2.35. The van der Waals surface area contributed by atoms with Crippen LogP contribution in [0.4, 0.5) is 0 Å². The molecule has 0 aliphatic heterocycles. The van der Waals surface area contributed by atoms with Crippen molar-refractivity contribution < 1.29 is 9.53 Å². The van der Waals surface area contributed by atoms with Gasteiger partial charge in [0.05, 0.1) is 12.2 Å². The van der Waals surface area contributed by atoms with E-state index >= 15 is 0 Å². The largest absolute Gasteiger partial charge is 0.403 e. The van der Waals surface area contributed by atoms with E-state index in [1.807, 2.05) is 18.2 Å². The number of unbranched alkanes of at least 4 members (excludes halogenated alkanes) is 1. The molecule has 11 nitrogen and oxygen atoms in total. The van der Waals surface area contributed by atoms with Crippen molar-refractivity contribution in [2.45, 2.75) is 51.9 Å². The van der Waals surface area contributed by atoms with Gasteiger partial charge in [-0.2, -0.15) is 5.21 Å². The van der Waals surface area contributed by atoms with Gasteiger partial charge in [0.2, 0.25) is 5.82 Å². The lowest BCUT2D eigenvalue weighted by atomic mass is 9.70. The monoisotopic (exact) mass is 552 g/mol. The van der Waals surface area contributed by atoms with Crippen LogP contribution in [0.2, 0.25) is 0 Å². The first-order valence-electron chi connectivity index (χ1n) is 14.2. The molecule has 3 unspecified atom stereocenters. The second kappa shape index (κ2) is 11.8. The number of aromatic nitrogens is 8. The molecular weight excluding hydrogens is 520 g/mol. The molecule has 3 heterocycles. The van der Waals surface area contributed by atoms with Crippen molar-refractivity contribution in [3.63, 3.8) is 0 Å². The van der Waals surface area contributed by atoms with Gasteiger partial charge in [0.15, 0.2) is 5.52 Å². The zero-order valence-corrected chi connectivity index (χ0v) is 22.8. The molecule has 0 radical (unpaired) electrons. The molecule has 0 saturated heterocycles. The van der Waals surface area contributed by atoms with Crippen molar-refractivity contribution in [3.05, 3.63) is 70.8 Å². The number of carbonyl (C=O) groups excluding carboxylic acids is 1. The number of ether oxygens (including phenoxy) is 1. The number of nitrogens with zero attached hydrogens (tertiary/aromatic N) is 5. The Morgan fingerprint density at radius 2 is 1.85 bits per heavy atom. The Balaban J connectivity index is 1.14. The Bertz CT molecular complexity index is 1680. The van der Waals surface area contributed by atoms with Crippen LogP contribution in [0.25, 0.3) is 33.5 Å². The molecule has 5 aromatic rings. The fourth-order valence-corrected chi connectivity index (χ4v) is 6.05. The summed E-state index contributed by atoms with van der Waals surface area (Å²) in [6.07, 6.45) is 8.20. The van der Waals surface area contributed by atoms with E-state index in [0.29, 0.717) is 23.2 Å². The van der Waals surface area contributed by atoms with Crippen molar-refractivity contribution in [1.29, 1.82) is 0 Å². The maximum Gasteiger partial charge on any atom is 0.315 e. The molecule has 3 atom stereocenters. The first kappa shape index (κ1) is 26.5. The summed E-state index contributed by atoms with van der Waals surface area (Å²) in [5, 5.41) is 20.8. The lowest BCUT2D eigenvalue weighted by molar-refractivity contribution is -0.141. The van der Waals surface area contributed by atoms with Gasteiger partial charge in [-0.25, -0.2) is 10.1 Å². The summed E-state index contributed by atoms with van der Waals surface area (Å²) in [5.41, 5.74) is 4.47. The summed E-state index contributed by atoms with van der Waals surface area (Å²) in [4.78, 5) is 31.9. The fourth-order valence-electron chi connectivity index (χ4n) is 6.05. The van der Waals surface area contributed by atoms with E-state index in [9.17, 15) is 9.59 Å². The molecule has 210 valence electrons. The van der Waals surface area contributed by atoms with E-state index in [4.69, 9.17) is 4.74 Å². The Morgan fingerprint density at radius 1 is 1.02 bits per heavy atom. The Kier molecular flexibility index (Phi) is 7.66. The van der Waals surface area contributed by atoms with Crippen LogP contribution in [0.15, 0.2) is 59.7 Å². The molecule has 0 bridgehead atoms. The zero-order valence-electron chi connectivity index (χ0n) is 22.8. The molecule has 11 heteroatoms. The highest BCUT2D eigenvalue weighted by Crippen LogP contribution is 2.40. The van der Waals surface area contributed by atoms with Gasteiger partial charge >= 0.3 is 5.97 Å². The Labute approximate surface area is 236 Å². The van der Waals surface area contributed by atoms with Gasteiger partial charge in [-0.15, -0.1) is 15.3 Å². The van der Waals surface area contributed by atoms with Crippen LogP contribution >= 0.6 is 0 Å². The molecule has 1 fully saturated rings. The summed E-state index contributed by atoms with van der Waals surface area (Å²) >= 11 is 0. The highest BCUT2D eigenvalue weighted by molar-refractivity contribution is 5.83. The molecular formula is C30H32N8O3. The van der Waals surface area contributed by atoms with E-state index in [2.05, 4.69) is 78.0 Å². The van der Waals surface area contributed by atoms with Crippen LogP contribution < -0.4 is 10.3 Å². The van der Waals surface area contributed by atoms with Gasteiger partial charge in [-0.1, -0.05) is 74.7 Å². The number of rotatable bonds is 9. The van der Waals surface area contributed by atoms with Gasteiger partial charge < -0.3 is 9.72 Å². The lowest BCUT2D eigenvalue weighted by Crippen LogP contribution is -2.33. The van der Waals surface area contributed by atoms with Gasteiger partial charge in [0, 0.05) is 5.56 Å². The highest BCUT2D eigenvalue weighted by atomic mass is 16.5. The standard InChI is InChI=1S/C30H32N8O3/c1-2-3-6-20-16-22(30(40)41-29-26-25(31-17-32-26)28(39)35-36-29)14-13-21(20)15-18-9-11-19(12-10-18)23-7-4-5-8-24(23)27-33-37-38-34-27/h4-5,7-12,17,20-22H,2-3,6,13-16H2,1H3,(H,31,32)(H,35,39)(H,33,34,37,38). The second-order valence-corrected chi connectivity index (χ2v) is 10.8. The van der Waals surface area contributed by atoms with E-state index < -0.39 is 5.56 Å². The number of imidazole rings is 1. The molecule has 0 amide bonds. The number of H-pyrrole nitrogens is 3. The van der Waals surface area contributed by atoms with Crippen LogP contribution in [-0.2, 0) is 11.2 Å². The third-order valence-corrected chi connectivity index (χ3v) is 8.20. The second-order valence-electron chi connectivity index (χ2n) is 10.8. The highest BCUT2D eigenvalue weighted by Gasteiger charge is 2.35. The van der Waals surface area contributed by atoms with Crippen molar-refractivity contribution in [2.75, 3.05) is 0 Å². The first-order valence-corrected chi connectivity index (χ1v) is 14.2. The topological polar surface area (TPSA) is 155 Å². The first-order chi connectivity index (χ1) is 20.1. The number of aromatic amines is 3. The number of carbonyl (C=O) groups is 1. The number of fused-ring (bicyclic) bond motifs is 1. The van der Waals surface area contributed by atoms with Gasteiger partial charge in [0.1, 0.15) is 5.52 Å². The minimum atomic E-state index is -0.426. The van der Waals surface area contributed by atoms with E-state index in [1.54, 1.807) is 0 Å². The minimum absolute atomic E-state index is 0.0651. The smallest absolute Gasteiger partial charge is 0.315 e. The van der Waals surface area contributed by atoms with Crippen molar-refractivity contribution >= 4 is 17.0 Å². The number of hydrogen-bond donors (Lipinski definition) is 3. The summed E-state index contributed by atoms with van der Waals surface area (Å²) in [6.45, 7) is 2.20. The maximum absolute atomic E-state index is 13.2. The van der Waals surface area contributed by atoms with Crippen molar-refractivity contribution in [1.82, 2.24) is 40.8 Å². The maximum atomic E-state index is 13.2. The molecule has 1 saturated carbocycles. The summed E-state index contributed by atoms with van der Waals surface area (Å²) in [5.74, 6) is 1.05. The predicted molar refractivity (Wildman–Crippen MR) is 153 cm³/mol. The average molecular weight is 553 g/mol. The Hall–Kier alpha value is -4.67. The number of hydrogen-bond acceptors (Lipinski definition) is 8. The SMILES string of the molecule is CCCCC1CC(C(=O)Oc2n[nH]c(=O)c3nc[nH]c23)CCC1Cc1ccc(-c2ccccc2-c2nn[nH]n2)cc1. The quantitative estimate of drug-likeness (QED) is 0.219. The molecule has 6 rings (SSSR count). The third-order valence-electron chi connectivity index (χ3n) is 8.20. The molecule has 0 spiro atoms. The van der Waals surface area contributed by atoms with E-state index in [1.165, 1.54) is 11.9 Å². The summed E-state index contributed by atoms with van der Waals surface area (Å²) in [7, 11) is 0. The summed E-state index contributed by atoms with van der Waals surface area (Å²) in [6, 6.07) is 16.8. The number of esters is 1. The molecule has 1 aliphatic carbocycles. The van der Waals surface area contributed by atoms with Crippen LogP contribution in [0.3, 0.4) is 0 Å². The summed E-state index contributed by atoms with van der Waals surface area (Å²) < 4.78 is 5.67. The van der Waals surface area contributed by atoms with Crippen LogP contribution in [-0.4, -0.2) is 46.8 Å². The van der Waals surface area contributed by atoms with Gasteiger partial charge in [-0.3, -0.25) is 9.59 Å².